The van der Waals surface area contributed by atoms with Gasteiger partial charge in [-0.15, -0.1) is 0 Å². The number of carbonyl (C=O) groups is 1. The summed E-state index contributed by atoms with van der Waals surface area (Å²) in [4.78, 5) is 10.7. The van der Waals surface area contributed by atoms with Crippen molar-refractivity contribution in [2.24, 2.45) is 0 Å². The topological polar surface area (TPSA) is 26.3 Å². The largest absolute Gasteiger partial charge is 0.492 e. The van der Waals surface area contributed by atoms with Gasteiger partial charge in [-0.25, -0.2) is 0 Å². The summed E-state index contributed by atoms with van der Waals surface area (Å²) in [5.41, 5.74) is 1.51. The van der Waals surface area contributed by atoms with Gasteiger partial charge in [0.25, 0.3) is 0 Å². The third-order valence-corrected chi connectivity index (χ3v) is 3.41. The van der Waals surface area contributed by atoms with Crippen molar-refractivity contribution < 1.29 is 9.53 Å². The first-order valence-electron chi connectivity index (χ1n) is 7.07. The molecule has 1 rings (SSSR count). The van der Waals surface area contributed by atoms with E-state index in [9.17, 15) is 4.79 Å². The van der Waals surface area contributed by atoms with E-state index in [0.29, 0.717) is 22.9 Å². The molecule has 1 aromatic rings. The highest BCUT2D eigenvalue weighted by atomic mass is 35.5. The molecule has 106 valence electrons. The normalized spacial score (nSPS) is 10.5. The number of carbonyl (C=O) groups excluding carboxylic acids is 1. The molecule has 0 bridgehead atoms. The standard InChI is InChI=1S/C16H23ClO2/c1-3-4-5-6-7-8-9-19-16-13(2)10-14(12-18)11-15(16)17/h10-12H,3-9H2,1-2H3. The van der Waals surface area contributed by atoms with E-state index in [1.54, 1.807) is 12.1 Å². The van der Waals surface area contributed by atoms with Crippen LogP contribution in [0, 0.1) is 6.92 Å². The molecule has 0 saturated heterocycles. The highest BCUT2D eigenvalue weighted by Crippen LogP contribution is 2.29. The molecule has 0 heterocycles. The molecule has 3 heteroatoms. The first kappa shape index (κ1) is 16.0. The van der Waals surface area contributed by atoms with Gasteiger partial charge in [-0.05, 0) is 31.0 Å². The number of halogens is 1. The Morgan fingerprint density at radius 2 is 1.84 bits per heavy atom. The highest BCUT2D eigenvalue weighted by Gasteiger charge is 2.07. The van der Waals surface area contributed by atoms with E-state index < -0.39 is 0 Å². The highest BCUT2D eigenvalue weighted by molar-refractivity contribution is 6.32. The number of aldehydes is 1. The van der Waals surface area contributed by atoms with Crippen molar-refractivity contribution in [3.05, 3.63) is 28.3 Å². The molecule has 1 aromatic carbocycles. The van der Waals surface area contributed by atoms with Crippen LogP contribution in [0.2, 0.25) is 5.02 Å². The Hall–Kier alpha value is -1.02. The number of unbranched alkanes of at least 4 members (excludes halogenated alkanes) is 5. The second kappa shape index (κ2) is 8.98. The van der Waals surface area contributed by atoms with Crippen molar-refractivity contribution in [1.29, 1.82) is 0 Å². The average Bonchev–Trinajstić information content (AvgIpc) is 2.40. The van der Waals surface area contributed by atoms with E-state index in [-0.39, 0.29) is 0 Å². The smallest absolute Gasteiger partial charge is 0.150 e. The quantitative estimate of drug-likeness (QED) is 0.460. The Bertz CT molecular complexity index is 379. The minimum Gasteiger partial charge on any atom is -0.492 e. The molecule has 0 aliphatic heterocycles. The summed E-state index contributed by atoms with van der Waals surface area (Å²) in [5.74, 6) is 0.709. The molecule has 0 fully saturated rings. The van der Waals surface area contributed by atoms with Crippen LogP contribution in [0.3, 0.4) is 0 Å². The van der Waals surface area contributed by atoms with Crippen LogP contribution in [0.25, 0.3) is 0 Å². The van der Waals surface area contributed by atoms with Gasteiger partial charge in [0.2, 0.25) is 0 Å². The average molecular weight is 283 g/mol. The SMILES string of the molecule is CCCCCCCCOc1c(C)cc(C=O)cc1Cl. The predicted octanol–water partition coefficient (Wildman–Crippen LogP) is 5.20. The van der Waals surface area contributed by atoms with Crippen molar-refractivity contribution in [2.45, 2.75) is 52.4 Å². The zero-order chi connectivity index (χ0) is 14.1. The molecule has 19 heavy (non-hydrogen) atoms. The number of ether oxygens (including phenoxy) is 1. The summed E-state index contributed by atoms with van der Waals surface area (Å²) in [7, 11) is 0. The number of hydrogen-bond acceptors (Lipinski definition) is 2. The molecule has 0 amide bonds. The zero-order valence-corrected chi connectivity index (χ0v) is 12.6. The van der Waals surface area contributed by atoms with Gasteiger partial charge in [-0.2, -0.15) is 0 Å². The fourth-order valence-electron chi connectivity index (χ4n) is 2.06. The van der Waals surface area contributed by atoms with Gasteiger partial charge in [-0.1, -0.05) is 50.6 Å². The van der Waals surface area contributed by atoms with Crippen molar-refractivity contribution in [3.63, 3.8) is 0 Å². The maximum atomic E-state index is 10.7. The molecule has 0 atom stereocenters. The van der Waals surface area contributed by atoms with Gasteiger partial charge >= 0.3 is 0 Å². The Labute approximate surface area is 121 Å². The Balaban J connectivity index is 2.35. The number of aryl methyl sites for hydroxylation is 1. The fraction of sp³-hybridized carbons (Fsp3) is 0.562. The van der Waals surface area contributed by atoms with Gasteiger partial charge in [-0.3, -0.25) is 4.79 Å². The van der Waals surface area contributed by atoms with E-state index in [0.717, 1.165) is 18.3 Å². The number of rotatable bonds is 9. The molecular formula is C16H23ClO2. The van der Waals surface area contributed by atoms with E-state index in [1.165, 1.54) is 32.1 Å². The lowest BCUT2D eigenvalue weighted by atomic mass is 10.1. The van der Waals surface area contributed by atoms with Crippen molar-refractivity contribution in [3.8, 4) is 5.75 Å². The molecule has 0 radical (unpaired) electrons. The third kappa shape index (κ3) is 5.65. The van der Waals surface area contributed by atoms with E-state index >= 15 is 0 Å². The summed E-state index contributed by atoms with van der Waals surface area (Å²) in [6, 6.07) is 3.45. The van der Waals surface area contributed by atoms with Crippen LogP contribution in [0.5, 0.6) is 5.75 Å². The van der Waals surface area contributed by atoms with Crippen molar-refractivity contribution in [1.82, 2.24) is 0 Å². The van der Waals surface area contributed by atoms with E-state index in [2.05, 4.69) is 6.92 Å². The predicted molar refractivity (Wildman–Crippen MR) is 80.4 cm³/mol. The van der Waals surface area contributed by atoms with Crippen molar-refractivity contribution >= 4 is 17.9 Å². The minimum absolute atomic E-state index is 0.521. The molecule has 0 N–H and O–H groups in total. The molecule has 0 unspecified atom stereocenters. The summed E-state index contributed by atoms with van der Waals surface area (Å²) in [5, 5.41) is 0.521. The maximum absolute atomic E-state index is 10.7. The minimum atomic E-state index is 0.521. The van der Waals surface area contributed by atoms with E-state index in [1.807, 2.05) is 6.92 Å². The van der Waals surface area contributed by atoms with Crippen LogP contribution in [-0.2, 0) is 0 Å². The second-order valence-corrected chi connectivity index (χ2v) is 5.29. The van der Waals surface area contributed by atoms with Crippen LogP contribution in [0.4, 0.5) is 0 Å². The third-order valence-electron chi connectivity index (χ3n) is 3.13. The molecular weight excluding hydrogens is 260 g/mol. The zero-order valence-electron chi connectivity index (χ0n) is 11.9. The number of benzene rings is 1. The van der Waals surface area contributed by atoms with Crippen LogP contribution in [0.1, 0.15) is 61.4 Å². The van der Waals surface area contributed by atoms with Crippen LogP contribution >= 0.6 is 11.6 Å². The monoisotopic (exact) mass is 282 g/mol. The molecule has 0 spiro atoms. The van der Waals surface area contributed by atoms with Gasteiger partial charge in [0.1, 0.15) is 12.0 Å². The van der Waals surface area contributed by atoms with Gasteiger partial charge in [0.15, 0.2) is 0 Å². The first-order valence-corrected chi connectivity index (χ1v) is 7.45. The molecule has 2 nitrogen and oxygen atoms in total. The summed E-state index contributed by atoms with van der Waals surface area (Å²) in [6.07, 6.45) is 8.22. The fourth-order valence-corrected chi connectivity index (χ4v) is 2.39. The Morgan fingerprint density at radius 1 is 1.16 bits per heavy atom. The number of hydrogen-bond donors (Lipinski definition) is 0. The Morgan fingerprint density at radius 3 is 2.47 bits per heavy atom. The molecule has 0 aliphatic rings. The summed E-state index contributed by atoms with van der Waals surface area (Å²) < 4.78 is 5.73. The van der Waals surface area contributed by atoms with Gasteiger partial charge in [0.05, 0.1) is 11.6 Å². The van der Waals surface area contributed by atoms with Crippen molar-refractivity contribution in [2.75, 3.05) is 6.61 Å². The lowest BCUT2D eigenvalue weighted by molar-refractivity contribution is 0.112. The van der Waals surface area contributed by atoms with E-state index in [4.69, 9.17) is 16.3 Å². The van der Waals surface area contributed by atoms with Gasteiger partial charge < -0.3 is 4.74 Å². The lowest BCUT2D eigenvalue weighted by Gasteiger charge is -2.11. The first-order chi connectivity index (χ1) is 9.19. The molecule has 0 aromatic heterocycles. The Kier molecular flexibility index (Phi) is 7.57. The maximum Gasteiger partial charge on any atom is 0.150 e. The van der Waals surface area contributed by atoms with Crippen LogP contribution in [-0.4, -0.2) is 12.9 Å². The van der Waals surface area contributed by atoms with Crippen LogP contribution < -0.4 is 4.74 Å². The molecule has 0 saturated carbocycles. The van der Waals surface area contributed by atoms with Crippen LogP contribution in [0.15, 0.2) is 12.1 Å². The lowest BCUT2D eigenvalue weighted by Crippen LogP contribution is -2.00. The second-order valence-electron chi connectivity index (χ2n) is 4.88. The molecule has 0 aliphatic carbocycles. The summed E-state index contributed by atoms with van der Waals surface area (Å²) >= 11 is 6.11. The van der Waals surface area contributed by atoms with Gasteiger partial charge in [0, 0.05) is 5.56 Å². The summed E-state index contributed by atoms with van der Waals surface area (Å²) in [6.45, 7) is 4.82.